The molecule has 1 atom stereocenters. The Hall–Kier alpha value is -2.05. The first-order valence-corrected chi connectivity index (χ1v) is 5.97. The predicted molar refractivity (Wildman–Crippen MR) is 64.6 cm³/mol. The number of aliphatic carboxylic acids is 1. The number of nitrogens with zero attached hydrogens (tertiary/aromatic N) is 1. The van der Waals surface area contributed by atoms with Crippen molar-refractivity contribution in [3.05, 3.63) is 35.4 Å². The molecule has 7 heteroatoms. The van der Waals surface area contributed by atoms with Crippen LogP contribution < -0.4 is 0 Å². The lowest BCUT2D eigenvalue weighted by Gasteiger charge is -2.11. The van der Waals surface area contributed by atoms with E-state index >= 15 is 0 Å². The monoisotopic (exact) mass is 287 g/mol. The van der Waals surface area contributed by atoms with Crippen molar-refractivity contribution in [3.63, 3.8) is 0 Å². The molecule has 4 nitrogen and oxygen atoms in total. The first-order chi connectivity index (χ1) is 9.36. The molecule has 20 heavy (non-hydrogen) atoms. The van der Waals surface area contributed by atoms with Gasteiger partial charge in [-0.3, -0.25) is 4.79 Å². The molecule has 0 saturated heterocycles. The molecule has 1 unspecified atom stereocenters. The molecular formula is C13H12F3NO3. The highest BCUT2D eigenvalue weighted by Crippen LogP contribution is 2.29. The molecule has 0 spiro atoms. The molecule has 1 aromatic carbocycles. The van der Waals surface area contributed by atoms with Crippen LogP contribution in [0.2, 0.25) is 0 Å². The maximum atomic E-state index is 12.4. The van der Waals surface area contributed by atoms with E-state index in [-0.39, 0.29) is 18.4 Å². The van der Waals surface area contributed by atoms with E-state index in [9.17, 15) is 18.0 Å². The number of aliphatic imine (C=N–C) groups is 1. The third kappa shape index (κ3) is 3.49. The van der Waals surface area contributed by atoms with Gasteiger partial charge in [0.1, 0.15) is 6.10 Å². The van der Waals surface area contributed by atoms with Gasteiger partial charge >= 0.3 is 12.1 Å². The van der Waals surface area contributed by atoms with Gasteiger partial charge in [-0.1, -0.05) is 0 Å². The summed E-state index contributed by atoms with van der Waals surface area (Å²) in [5, 5.41) is 8.56. The number of halogens is 3. The van der Waals surface area contributed by atoms with Crippen LogP contribution in [0.4, 0.5) is 13.2 Å². The Morgan fingerprint density at radius 2 is 2.00 bits per heavy atom. The van der Waals surface area contributed by atoms with Gasteiger partial charge in [-0.05, 0) is 30.7 Å². The highest BCUT2D eigenvalue weighted by Gasteiger charge is 2.30. The van der Waals surface area contributed by atoms with Crippen molar-refractivity contribution >= 4 is 11.9 Å². The van der Waals surface area contributed by atoms with E-state index in [0.717, 1.165) is 12.1 Å². The Kier molecular flexibility index (Phi) is 3.96. The van der Waals surface area contributed by atoms with Crippen molar-refractivity contribution in [3.8, 4) is 0 Å². The molecule has 2 rings (SSSR count). The molecule has 1 heterocycles. The van der Waals surface area contributed by atoms with Crippen LogP contribution in [0.25, 0.3) is 0 Å². The van der Waals surface area contributed by atoms with Crippen LogP contribution >= 0.6 is 0 Å². The molecule has 0 radical (unpaired) electrons. The Bertz CT molecular complexity index is 523. The molecule has 0 amide bonds. The topological polar surface area (TPSA) is 58.9 Å². The number of hydrogen-bond donors (Lipinski definition) is 1. The number of ether oxygens (including phenoxy) is 1. The average molecular weight is 287 g/mol. The van der Waals surface area contributed by atoms with E-state index in [1.165, 1.54) is 12.1 Å². The quantitative estimate of drug-likeness (QED) is 0.926. The van der Waals surface area contributed by atoms with Crippen LogP contribution in [-0.2, 0) is 15.7 Å². The van der Waals surface area contributed by atoms with Gasteiger partial charge < -0.3 is 9.84 Å². The molecule has 0 aliphatic carbocycles. The summed E-state index contributed by atoms with van der Waals surface area (Å²) in [6.07, 6.45) is -4.41. The maximum Gasteiger partial charge on any atom is 0.416 e. The van der Waals surface area contributed by atoms with E-state index in [1.54, 1.807) is 0 Å². The van der Waals surface area contributed by atoms with E-state index in [2.05, 4.69) is 4.99 Å². The minimum absolute atomic E-state index is 0.0273. The number of hydrogen-bond acceptors (Lipinski definition) is 3. The fourth-order valence-electron chi connectivity index (χ4n) is 1.81. The van der Waals surface area contributed by atoms with Crippen LogP contribution in [0.3, 0.4) is 0 Å². The second-order valence-corrected chi connectivity index (χ2v) is 4.39. The van der Waals surface area contributed by atoms with E-state index in [0.29, 0.717) is 18.5 Å². The standard InChI is InChI=1S/C13H12F3NO3/c14-13(15,16)9-3-1-8(2-4-9)12-17-7-10(20-12)5-6-11(18)19/h1-4,10H,5-7H2,(H,18,19). The summed E-state index contributed by atoms with van der Waals surface area (Å²) in [5.41, 5.74) is -0.280. The van der Waals surface area contributed by atoms with E-state index < -0.39 is 17.7 Å². The number of carboxylic acids is 1. The Morgan fingerprint density at radius 3 is 2.55 bits per heavy atom. The zero-order valence-electron chi connectivity index (χ0n) is 10.4. The van der Waals surface area contributed by atoms with Gasteiger partial charge in [0.15, 0.2) is 0 Å². The molecule has 0 fully saturated rings. The molecular weight excluding hydrogens is 275 g/mol. The summed E-state index contributed by atoms with van der Waals surface area (Å²) in [5.74, 6) is -0.661. The molecule has 1 aliphatic rings. The Balaban J connectivity index is 1.98. The third-order valence-corrected chi connectivity index (χ3v) is 2.86. The van der Waals surface area contributed by atoms with Crippen molar-refractivity contribution in [2.75, 3.05) is 6.54 Å². The largest absolute Gasteiger partial charge is 0.481 e. The lowest BCUT2D eigenvalue weighted by Crippen LogP contribution is -2.15. The number of rotatable bonds is 4. The summed E-state index contributed by atoms with van der Waals surface area (Å²) < 4.78 is 42.7. The predicted octanol–water partition coefficient (Wildman–Crippen LogP) is 2.72. The summed E-state index contributed by atoms with van der Waals surface area (Å²) in [7, 11) is 0. The van der Waals surface area contributed by atoms with Crippen molar-refractivity contribution in [1.29, 1.82) is 0 Å². The summed E-state index contributed by atoms with van der Waals surface area (Å²) in [6, 6.07) is 4.51. The minimum atomic E-state index is -4.37. The fourth-order valence-corrected chi connectivity index (χ4v) is 1.81. The van der Waals surface area contributed by atoms with Crippen LogP contribution in [0.1, 0.15) is 24.0 Å². The number of carbonyl (C=O) groups is 1. The lowest BCUT2D eigenvalue weighted by atomic mass is 10.1. The maximum absolute atomic E-state index is 12.4. The van der Waals surface area contributed by atoms with Gasteiger partial charge in [0.25, 0.3) is 0 Å². The molecule has 0 saturated carbocycles. The molecule has 1 aliphatic heterocycles. The van der Waals surface area contributed by atoms with Crippen LogP contribution in [0, 0.1) is 0 Å². The fraction of sp³-hybridized carbons (Fsp3) is 0.385. The molecule has 0 bridgehead atoms. The first kappa shape index (κ1) is 14.4. The highest BCUT2D eigenvalue weighted by atomic mass is 19.4. The zero-order valence-corrected chi connectivity index (χ0v) is 10.4. The van der Waals surface area contributed by atoms with Crippen LogP contribution in [0.15, 0.2) is 29.3 Å². The summed E-state index contributed by atoms with van der Waals surface area (Å²) >= 11 is 0. The summed E-state index contributed by atoms with van der Waals surface area (Å²) in [6.45, 7) is 0.323. The minimum Gasteiger partial charge on any atom is -0.481 e. The SMILES string of the molecule is O=C(O)CCC1CN=C(c2ccc(C(F)(F)F)cc2)O1. The van der Waals surface area contributed by atoms with Gasteiger partial charge in [0.05, 0.1) is 12.1 Å². The van der Waals surface area contributed by atoms with Crippen molar-refractivity contribution in [2.45, 2.75) is 25.1 Å². The second-order valence-electron chi connectivity index (χ2n) is 4.39. The Morgan fingerprint density at radius 1 is 1.35 bits per heavy atom. The van der Waals surface area contributed by atoms with Gasteiger partial charge in [0, 0.05) is 12.0 Å². The summed E-state index contributed by atoms with van der Waals surface area (Å²) in [4.78, 5) is 14.5. The zero-order chi connectivity index (χ0) is 14.8. The second kappa shape index (κ2) is 5.52. The van der Waals surface area contributed by atoms with Gasteiger partial charge in [0.2, 0.25) is 5.90 Å². The molecule has 1 N–H and O–H groups in total. The molecule has 108 valence electrons. The van der Waals surface area contributed by atoms with Crippen molar-refractivity contribution in [2.24, 2.45) is 4.99 Å². The third-order valence-electron chi connectivity index (χ3n) is 2.86. The normalized spacial score (nSPS) is 18.6. The highest BCUT2D eigenvalue weighted by molar-refractivity contribution is 5.95. The van der Waals surface area contributed by atoms with Gasteiger partial charge in [-0.15, -0.1) is 0 Å². The van der Waals surface area contributed by atoms with Crippen molar-refractivity contribution in [1.82, 2.24) is 0 Å². The Labute approximate surface area is 112 Å². The average Bonchev–Trinajstić information content (AvgIpc) is 2.84. The number of alkyl halides is 3. The van der Waals surface area contributed by atoms with E-state index in [4.69, 9.17) is 9.84 Å². The van der Waals surface area contributed by atoms with Crippen LogP contribution in [-0.4, -0.2) is 29.6 Å². The number of benzene rings is 1. The van der Waals surface area contributed by atoms with Gasteiger partial charge in [-0.25, -0.2) is 4.99 Å². The molecule has 0 aromatic heterocycles. The van der Waals surface area contributed by atoms with Crippen LogP contribution in [0.5, 0.6) is 0 Å². The number of carboxylic acid groups (broad SMARTS) is 1. The van der Waals surface area contributed by atoms with Gasteiger partial charge in [-0.2, -0.15) is 13.2 Å². The van der Waals surface area contributed by atoms with E-state index in [1.807, 2.05) is 0 Å². The molecule has 1 aromatic rings. The first-order valence-electron chi connectivity index (χ1n) is 5.97. The smallest absolute Gasteiger partial charge is 0.416 e. The lowest BCUT2D eigenvalue weighted by molar-refractivity contribution is -0.138. The van der Waals surface area contributed by atoms with Crippen molar-refractivity contribution < 1.29 is 27.8 Å².